The number of nitrogens with zero attached hydrogens (tertiary/aromatic N) is 3. The van der Waals surface area contributed by atoms with Crippen molar-refractivity contribution in [3.8, 4) is 0 Å². The average Bonchev–Trinajstić information content (AvgIpc) is 2.63. The molecule has 2 saturated heterocycles. The van der Waals surface area contributed by atoms with Gasteiger partial charge in [-0.1, -0.05) is 0 Å². The van der Waals surface area contributed by atoms with Gasteiger partial charge in [0.15, 0.2) is 0 Å². The molecule has 0 saturated carbocycles. The molecule has 2 fully saturated rings. The first kappa shape index (κ1) is 14.6. The van der Waals surface area contributed by atoms with E-state index < -0.39 is 5.97 Å². The minimum absolute atomic E-state index is 0.00809. The van der Waals surface area contributed by atoms with Crippen LogP contribution in [0.25, 0.3) is 0 Å². The van der Waals surface area contributed by atoms with Gasteiger partial charge in [-0.3, -0.25) is 14.5 Å². The van der Waals surface area contributed by atoms with Crippen LogP contribution in [0.2, 0.25) is 0 Å². The topological polar surface area (TPSA) is 93.2 Å². The monoisotopic (exact) mass is 284 g/mol. The second kappa shape index (κ2) is 6.56. The van der Waals surface area contributed by atoms with Crippen molar-refractivity contribution in [1.82, 2.24) is 20.0 Å². The van der Waals surface area contributed by atoms with Crippen LogP contribution in [0, 0.1) is 0 Å². The molecule has 0 aromatic rings. The molecule has 2 aliphatic rings. The van der Waals surface area contributed by atoms with E-state index in [4.69, 9.17) is 5.11 Å². The molecule has 0 aromatic heterocycles. The first-order chi connectivity index (χ1) is 9.56. The van der Waals surface area contributed by atoms with Crippen LogP contribution in [0.1, 0.15) is 6.42 Å². The van der Waals surface area contributed by atoms with Gasteiger partial charge in [-0.25, -0.2) is 4.79 Å². The second-order valence-electron chi connectivity index (χ2n) is 5.06. The Kier molecular flexibility index (Phi) is 4.78. The predicted octanol–water partition coefficient (Wildman–Crippen LogP) is -1.37. The Morgan fingerprint density at radius 2 is 1.90 bits per heavy atom. The minimum Gasteiger partial charge on any atom is -0.480 e. The summed E-state index contributed by atoms with van der Waals surface area (Å²) in [6.45, 7) is 3.47. The van der Waals surface area contributed by atoms with Crippen molar-refractivity contribution in [3.05, 3.63) is 0 Å². The quantitative estimate of drug-likeness (QED) is 0.652. The van der Waals surface area contributed by atoms with Crippen molar-refractivity contribution in [3.63, 3.8) is 0 Å². The van der Waals surface area contributed by atoms with Gasteiger partial charge in [0.05, 0.1) is 6.54 Å². The second-order valence-corrected chi connectivity index (χ2v) is 5.06. The number of hydrogen-bond acceptors (Lipinski definition) is 4. The molecular weight excluding hydrogens is 264 g/mol. The van der Waals surface area contributed by atoms with Gasteiger partial charge in [0, 0.05) is 39.3 Å². The third-order valence-corrected chi connectivity index (χ3v) is 3.53. The van der Waals surface area contributed by atoms with Crippen LogP contribution in [0.15, 0.2) is 0 Å². The van der Waals surface area contributed by atoms with Gasteiger partial charge in [0.25, 0.3) is 0 Å². The summed E-state index contributed by atoms with van der Waals surface area (Å²) in [5.74, 6) is -0.982. The molecule has 0 atom stereocenters. The average molecular weight is 284 g/mol. The highest BCUT2D eigenvalue weighted by Gasteiger charge is 2.27. The van der Waals surface area contributed by atoms with Gasteiger partial charge in [-0.15, -0.1) is 0 Å². The molecule has 20 heavy (non-hydrogen) atoms. The molecule has 3 amide bonds. The Morgan fingerprint density at radius 3 is 2.60 bits per heavy atom. The van der Waals surface area contributed by atoms with Gasteiger partial charge in [-0.2, -0.15) is 0 Å². The Bertz CT molecular complexity index is 401. The SMILES string of the molecule is O=C(O)CN1CCCN(C(=O)N2CCNC(=O)C2)CC1. The maximum atomic E-state index is 12.3. The van der Waals surface area contributed by atoms with Gasteiger partial charge in [0.2, 0.25) is 5.91 Å². The van der Waals surface area contributed by atoms with Crippen LogP contribution < -0.4 is 5.32 Å². The number of carbonyl (C=O) groups excluding carboxylic acids is 2. The molecule has 0 unspecified atom stereocenters. The van der Waals surface area contributed by atoms with E-state index in [0.29, 0.717) is 39.3 Å². The summed E-state index contributed by atoms with van der Waals surface area (Å²) in [6.07, 6.45) is 0.749. The molecule has 0 aliphatic carbocycles. The molecule has 2 rings (SSSR count). The van der Waals surface area contributed by atoms with Gasteiger partial charge in [0.1, 0.15) is 6.54 Å². The Hall–Kier alpha value is -1.83. The fourth-order valence-corrected chi connectivity index (χ4v) is 2.51. The van der Waals surface area contributed by atoms with E-state index in [-0.39, 0.29) is 25.0 Å². The maximum Gasteiger partial charge on any atom is 0.320 e. The van der Waals surface area contributed by atoms with E-state index in [1.807, 2.05) is 4.90 Å². The number of amides is 3. The highest BCUT2D eigenvalue weighted by Crippen LogP contribution is 2.07. The molecule has 0 bridgehead atoms. The van der Waals surface area contributed by atoms with E-state index in [1.54, 1.807) is 9.80 Å². The van der Waals surface area contributed by atoms with Crippen molar-refractivity contribution in [2.45, 2.75) is 6.42 Å². The number of carboxylic acid groups (broad SMARTS) is 1. The maximum absolute atomic E-state index is 12.3. The summed E-state index contributed by atoms with van der Waals surface area (Å²) < 4.78 is 0. The van der Waals surface area contributed by atoms with Gasteiger partial charge < -0.3 is 20.2 Å². The zero-order valence-electron chi connectivity index (χ0n) is 11.4. The highest BCUT2D eigenvalue weighted by atomic mass is 16.4. The zero-order chi connectivity index (χ0) is 14.5. The Balaban J connectivity index is 1.87. The standard InChI is InChI=1S/C12H20N4O4/c17-10-8-16(5-2-13-10)12(20)15-4-1-3-14(6-7-15)9-11(18)19/h1-9H2,(H,13,17)(H,18,19). The lowest BCUT2D eigenvalue weighted by molar-refractivity contribution is -0.138. The van der Waals surface area contributed by atoms with E-state index in [9.17, 15) is 14.4 Å². The molecule has 112 valence electrons. The molecular formula is C12H20N4O4. The summed E-state index contributed by atoms with van der Waals surface area (Å²) >= 11 is 0. The summed E-state index contributed by atoms with van der Waals surface area (Å²) in [5, 5.41) is 11.5. The fourth-order valence-electron chi connectivity index (χ4n) is 2.51. The van der Waals surface area contributed by atoms with Crippen molar-refractivity contribution >= 4 is 17.9 Å². The Labute approximate surface area is 117 Å². The van der Waals surface area contributed by atoms with E-state index in [1.165, 1.54) is 0 Å². The van der Waals surface area contributed by atoms with Crippen molar-refractivity contribution in [2.75, 3.05) is 52.4 Å². The molecule has 2 aliphatic heterocycles. The summed E-state index contributed by atoms with van der Waals surface area (Å²) in [6, 6.07) is -0.128. The number of piperazine rings is 1. The molecule has 0 aromatic carbocycles. The van der Waals surface area contributed by atoms with Crippen molar-refractivity contribution < 1.29 is 19.5 Å². The molecule has 8 heteroatoms. The number of carboxylic acids is 1. The van der Waals surface area contributed by atoms with Gasteiger partial charge >= 0.3 is 12.0 Å². The van der Waals surface area contributed by atoms with E-state index >= 15 is 0 Å². The van der Waals surface area contributed by atoms with E-state index in [2.05, 4.69) is 5.32 Å². The molecule has 0 radical (unpaired) electrons. The highest BCUT2D eigenvalue weighted by molar-refractivity contribution is 5.85. The van der Waals surface area contributed by atoms with Crippen molar-refractivity contribution in [1.29, 1.82) is 0 Å². The fraction of sp³-hybridized carbons (Fsp3) is 0.750. The number of hydrogen-bond donors (Lipinski definition) is 2. The van der Waals surface area contributed by atoms with Gasteiger partial charge in [-0.05, 0) is 6.42 Å². The lowest BCUT2D eigenvalue weighted by Gasteiger charge is -2.32. The lowest BCUT2D eigenvalue weighted by Crippen LogP contribution is -2.54. The Morgan fingerprint density at radius 1 is 1.10 bits per heavy atom. The normalized spacial score (nSPS) is 21.3. The molecule has 2 heterocycles. The number of aliphatic carboxylic acids is 1. The summed E-state index contributed by atoms with van der Waals surface area (Å²) in [4.78, 5) is 39.4. The smallest absolute Gasteiger partial charge is 0.320 e. The van der Waals surface area contributed by atoms with Crippen LogP contribution in [0.5, 0.6) is 0 Å². The number of rotatable bonds is 2. The summed E-state index contributed by atoms with van der Waals surface area (Å²) in [5.41, 5.74) is 0. The number of nitrogens with one attached hydrogen (secondary N) is 1. The van der Waals surface area contributed by atoms with E-state index in [0.717, 1.165) is 6.42 Å². The van der Waals surface area contributed by atoms with Crippen LogP contribution in [-0.4, -0.2) is 90.1 Å². The molecule has 0 spiro atoms. The van der Waals surface area contributed by atoms with Crippen LogP contribution in [0.4, 0.5) is 4.79 Å². The minimum atomic E-state index is -0.850. The van der Waals surface area contributed by atoms with Crippen LogP contribution >= 0.6 is 0 Å². The van der Waals surface area contributed by atoms with Crippen LogP contribution in [-0.2, 0) is 9.59 Å². The predicted molar refractivity (Wildman–Crippen MR) is 70.2 cm³/mol. The number of urea groups is 1. The first-order valence-corrected chi connectivity index (χ1v) is 6.81. The van der Waals surface area contributed by atoms with Crippen LogP contribution in [0.3, 0.4) is 0 Å². The number of carbonyl (C=O) groups is 3. The van der Waals surface area contributed by atoms with Crippen molar-refractivity contribution in [2.24, 2.45) is 0 Å². The molecule has 2 N–H and O–H groups in total. The summed E-state index contributed by atoms with van der Waals surface area (Å²) in [7, 11) is 0. The molecule has 8 nitrogen and oxygen atoms in total. The lowest BCUT2D eigenvalue weighted by atomic mass is 10.3. The third kappa shape index (κ3) is 3.83. The zero-order valence-corrected chi connectivity index (χ0v) is 11.4. The third-order valence-electron chi connectivity index (χ3n) is 3.53. The largest absolute Gasteiger partial charge is 0.480 e. The first-order valence-electron chi connectivity index (χ1n) is 6.81.